The molecule has 0 aliphatic heterocycles. The van der Waals surface area contributed by atoms with Gasteiger partial charge in [0.05, 0.1) is 24.4 Å². The Morgan fingerprint density at radius 2 is 1.96 bits per heavy atom. The molecule has 0 saturated carbocycles. The summed E-state index contributed by atoms with van der Waals surface area (Å²) in [6, 6.07) is 10.6. The number of ether oxygens (including phenoxy) is 2. The maximum atomic E-state index is 12.0. The molecule has 0 atom stereocenters. The van der Waals surface area contributed by atoms with Gasteiger partial charge < -0.3 is 9.47 Å². The molecule has 126 valence electrons. The van der Waals surface area contributed by atoms with Crippen molar-refractivity contribution in [1.29, 1.82) is 0 Å². The lowest BCUT2D eigenvalue weighted by atomic mass is 10.2. The van der Waals surface area contributed by atoms with Crippen molar-refractivity contribution < 1.29 is 14.3 Å². The molecule has 0 aliphatic rings. The molecule has 0 saturated heterocycles. The van der Waals surface area contributed by atoms with Gasteiger partial charge in [-0.05, 0) is 64.8 Å². The van der Waals surface area contributed by atoms with E-state index in [1.807, 2.05) is 13.0 Å². The molecule has 0 spiro atoms. The van der Waals surface area contributed by atoms with E-state index < -0.39 is 0 Å². The summed E-state index contributed by atoms with van der Waals surface area (Å²) in [5.74, 6) is 0.943. The van der Waals surface area contributed by atoms with Gasteiger partial charge in [-0.3, -0.25) is 4.79 Å². The molecule has 1 N–H and O–H groups in total. The fourth-order valence-corrected chi connectivity index (χ4v) is 2.77. The lowest BCUT2D eigenvalue weighted by Gasteiger charge is -2.11. The topological polar surface area (TPSA) is 59.9 Å². The molecule has 2 rings (SSSR count). The minimum absolute atomic E-state index is 0.282. The maximum Gasteiger partial charge on any atom is 0.271 e. The lowest BCUT2D eigenvalue weighted by molar-refractivity contribution is 0.0955. The summed E-state index contributed by atoms with van der Waals surface area (Å²) < 4.78 is 12.5. The Kier molecular flexibility index (Phi) is 6.81. The number of hydrogen-bond acceptors (Lipinski definition) is 4. The van der Waals surface area contributed by atoms with E-state index >= 15 is 0 Å². The van der Waals surface area contributed by atoms with E-state index in [0.717, 1.165) is 14.5 Å². The molecule has 1 amide bonds. The molecule has 0 aromatic heterocycles. The average Bonchev–Trinajstić information content (AvgIpc) is 2.57. The molecule has 0 radical (unpaired) electrons. The van der Waals surface area contributed by atoms with E-state index in [0.29, 0.717) is 23.7 Å². The van der Waals surface area contributed by atoms with Crippen LogP contribution in [0.4, 0.5) is 0 Å². The Hall–Kier alpha value is -1.86. The monoisotopic (exact) mass is 454 g/mol. The van der Waals surface area contributed by atoms with Crippen LogP contribution in [0, 0.1) is 0 Å². The fourth-order valence-electron chi connectivity index (χ4n) is 1.93. The minimum atomic E-state index is -0.282. The van der Waals surface area contributed by atoms with E-state index in [-0.39, 0.29) is 5.91 Å². The highest BCUT2D eigenvalue weighted by atomic mass is 79.9. The largest absolute Gasteiger partial charge is 0.493 e. The van der Waals surface area contributed by atoms with E-state index in [9.17, 15) is 4.79 Å². The number of hydrogen-bond donors (Lipinski definition) is 1. The number of carbonyl (C=O) groups excluding carboxylic acids is 1. The predicted octanol–water partition coefficient (Wildman–Crippen LogP) is 4.38. The van der Waals surface area contributed by atoms with Gasteiger partial charge >= 0.3 is 0 Å². The Balaban J connectivity index is 2.10. The number of rotatable bonds is 6. The molecule has 0 unspecified atom stereocenters. The van der Waals surface area contributed by atoms with Crippen molar-refractivity contribution in [3.05, 3.63) is 56.5 Å². The summed E-state index contributed by atoms with van der Waals surface area (Å²) in [5.41, 5.74) is 3.78. The van der Waals surface area contributed by atoms with Gasteiger partial charge in [0.2, 0.25) is 0 Å². The van der Waals surface area contributed by atoms with Crippen molar-refractivity contribution >= 4 is 44.0 Å². The van der Waals surface area contributed by atoms with Crippen LogP contribution in [0.15, 0.2) is 50.4 Å². The maximum absolute atomic E-state index is 12.0. The zero-order valence-electron chi connectivity index (χ0n) is 13.2. The van der Waals surface area contributed by atoms with E-state index in [4.69, 9.17) is 9.47 Å². The summed E-state index contributed by atoms with van der Waals surface area (Å²) in [7, 11) is 1.57. The first-order valence-electron chi connectivity index (χ1n) is 7.14. The van der Waals surface area contributed by atoms with Crippen molar-refractivity contribution in [2.75, 3.05) is 13.7 Å². The highest BCUT2D eigenvalue weighted by Gasteiger charge is 2.10. The van der Waals surface area contributed by atoms with Crippen LogP contribution in [0.1, 0.15) is 22.8 Å². The minimum Gasteiger partial charge on any atom is -0.493 e. The fraction of sp³-hybridized carbons (Fsp3) is 0.176. The molecular formula is C17H16Br2N2O3. The van der Waals surface area contributed by atoms with Crippen LogP contribution in [0.25, 0.3) is 0 Å². The van der Waals surface area contributed by atoms with Crippen molar-refractivity contribution in [1.82, 2.24) is 5.43 Å². The first-order valence-corrected chi connectivity index (χ1v) is 8.73. The predicted molar refractivity (Wildman–Crippen MR) is 101 cm³/mol. The van der Waals surface area contributed by atoms with Crippen LogP contribution in [0.2, 0.25) is 0 Å². The molecule has 0 heterocycles. The summed E-state index contributed by atoms with van der Waals surface area (Å²) in [5, 5.41) is 3.98. The van der Waals surface area contributed by atoms with Gasteiger partial charge in [0.15, 0.2) is 11.5 Å². The summed E-state index contributed by atoms with van der Waals surface area (Å²) in [6.07, 6.45) is 1.54. The molecule has 0 bridgehead atoms. The number of nitrogens with zero attached hydrogens (tertiary/aromatic N) is 1. The second-order valence-electron chi connectivity index (χ2n) is 4.67. The Labute approximate surface area is 157 Å². The Morgan fingerprint density at radius 3 is 2.58 bits per heavy atom. The third kappa shape index (κ3) is 4.82. The average molecular weight is 456 g/mol. The second kappa shape index (κ2) is 8.84. The van der Waals surface area contributed by atoms with E-state index in [1.54, 1.807) is 43.7 Å². The number of amides is 1. The quantitative estimate of drug-likeness (QED) is 0.519. The smallest absolute Gasteiger partial charge is 0.271 e. The third-order valence-corrected chi connectivity index (χ3v) is 4.14. The number of nitrogens with one attached hydrogen (secondary N) is 1. The van der Waals surface area contributed by atoms with Crippen molar-refractivity contribution in [2.24, 2.45) is 5.10 Å². The molecular weight excluding hydrogens is 440 g/mol. The van der Waals surface area contributed by atoms with Gasteiger partial charge in [-0.15, -0.1) is 0 Å². The summed E-state index contributed by atoms with van der Waals surface area (Å²) in [4.78, 5) is 12.0. The highest BCUT2D eigenvalue weighted by Crippen LogP contribution is 2.36. The van der Waals surface area contributed by atoms with Gasteiger partial charge in [-0.1, -0.05) is 15.9 Å². The van der Waals surface area contributed by atoms with Gasteiger partial charge in [-0.25, -0.2) is 5.43 Å². The standard InChI is InChI=1S/C17H16Br2N2O3/c1-3-24-16-14(19)8-11(9-15(16)23-2)10-20-21-17(22)12-4-6-13(18)7-5-12/h4-10H,3H2,1-2H3,(H,21,22)/b20-10-. The van der Waals surface area contributed by atoms with E-state index in [2.05, 4.69) is 42.4 Å². The molecule has 24 heavy (non-hydrogen) atoms. The third-order valence-electron chi connectivity index (χ3n) is 3.03. The van der Waals surface area contributed by atoms with E-state index in [1.165, 1.54) is 0 Å². The van der Waals surface area contributed by atoms with Gasteiger partial charge in [0.25, 0.3) is 5.91 Å². The van der Waals surface area contributed by atoms with Crippen LogP contribution >= 0.6 is 31.9 Å². The van der Waals surface area contributed by atoms with Crippen molar-refractivity contribution in [3.63, 3.8) is 0 Å². The van der Waals surface area contributed by atoms with Gasteiger partial charge in [0.1, 0.15) is 0 Å². The number of halogens is 2. The number of methoxy groups -OCH3 is 1. The van der Waals surface area contributed by atoms with Crippen LogP contribution in [-0.4, -0.2) is 25.8 Å². The first kappa shape index (κ1) is 18.5. The van der Waals surface area contributed by atoms with Crippen molar-refractivity contribution in [2.45, 2.75) is 6.92 Å². The number of hydrazone groups is 1. The summed E-state index contributed by atoms with van der Waals surface area (Å²) >= 11 is 6.77. The molecule has 5 nitrogen and oxygen atoms in total. The molecule has 2 aromatic rings. The molecule has 0 fully saturated rings. The van der Waals surface area contributed by atoms with Crippen LogP contribution in [-0.2, 0) is 0 Å². The number of carbonyl (C=O) groups is 1. The summed E-state index contributed by atoms with van der Waals surface area (Å²) in [6.45, 7) is 2.44. The zero-order valence-corrected chi connectivity index (χ0v) is 16.3. The Morgan fingerprint density at radius 1 is 1.25 bits per heavy atom. The molecule has 7 heteroatoms. The number of benzene rings is 2. The van der Waals surface area contributed by atoms with Crippen LogP contribution in [0.5, 0.6) is 11.5 Å². The molecule has 0 aliphatic carbocycles. The SMILES string of the molecule is CCOc1c(Br)cc(/C=N\NC(=O)c2ccc(Br)cc2)cc1OC. The van der Waals surface area contributed by atoms with Gasteiger partial charge in [-0.2, -0.15) is 5.10 Å². The van der Waals surface area contributed by atoms with Crippen molar-refractivity contribution in [3.8, 4) is 11.5 Å². The van der Waals surface area contributed by atoms with Crippen LogP contribution in [0.3, 0.4) is 0 Å². The first-order chi connectivity index (χ1) is 11.5. The lowest BCUT2D eigenvalue weighted by Crippen LogP contribution is -2.17. The Bertz CT molecular complexity index is 746. The second-order valence-corrected chi connectivity index (χ2v) is 6.44. The highest BCUT2D eigenvalue weighted by molar-refractivity contribution is 9.10. The van der Waals surface area contributed by atoms with Crippen LogP contribution < -0.4 is 14.9 Å². The van der Waals surface area contributed by atoms with Gasteiger partial charge in [0, 0.05) is 10.0 Å². The normalized spacial score (nSPS) is 10.7. The zero-order chi connectivity index (χ0) is 17.5. The molecule has 2 aromatic carbocycles.